The number of hydrogen-bond donors (Lipinski definition) is 2. The molecule has 0 radical (unpaired) electrons. The highest BCUT2D eigenvalue weighted by atomic mass is 16.1. The van der Waals surface area contributed by atoms with E-state index in [1.165, 1.54) is 0 Å². The smallest absolute Gasteiger partial charge is 0.239 e. The predicted molar refractivity (Wildman–Crippen MR) is 75.4 cm³/mol. The molecule has 1 aromatic rings. The lowest BCUT2D eigenvalue weighted by atomic mass is 10.2. The predicted octanol–water partition coefficient (Wildman–Crippen LogP) is 2.38. The van der Waals surface area contributed by atoms with E-state index >= 15 is 0 Å². The summed E-state index contributed by atoms with van der Waals surface area (Å²) in [7, 11) is 0. The third kappa shape index (κ3) is 4.50. The number of benzene rings is 1. The second kappa shape index (κ2) is 7.39. The van der Waals surface area contributed by atoms with Gasteiger partial charge in [0.05, 0.1) is 6.54 Å². The van der Waals surface area contributed by atoms with Crippen molar-refractivity contribution in [2.24, 2.45) is 0 Å². The lowest BCUT2D eigenvalue weighted by Crippen LogP contribution is -2.37. The first-order valence-electron chi connectivity index (χ1n) is 6.29. The van der Waals surface area contributed by atoms with Crippen LogP contribution in [0.5, 0.6) is 0 Å². The second-order valence-electron chi connectivity index (χ2n) is 4.16. The quantitative estimate of drug-likeness (QED) is 0.754. The number of terminal acetylenes is 1. The van der Waals surface area contributed by atoms with Gasteiger partial charge in [0.1, 0.15) is 0 Å². The molecule has 3 heteroatoms. The molecule has 3 nitrogen and oxygen atoms in total. The Morgan fingerprint density at radius 2 is 2.11 bits per heavy atom. The average molecular weight is 244 g/mol. The number of nitrogens with one attached hydrogen (secondary N) is 2. The molecule has 0 saturated carbocycles. The van der Waals surface area contributed by atoms with Crippen molar-refractivity contribution in [1.29, 1.82) is 0 Å². The summed E-state index contributed by atoms with van der Waals surface area (Å²) in [4.78, 5) is 11.7. The van der Waals surface area contributed by atoms with Gasteiger partial charge in [-0.3, -0.25) is 4.79 Å². The third-order valence-corrected chi connectivity index (χ3v) is 2.83. The van der Waals surface area contributed by atoms with Crippen LogP contribution in [0.25, 0.3) is 0 Å². The van der Waals surface area contributed by atoms with E-state index < -0.39 is 0 Å². The molecule has 2 N–H and O–H groups in total. The normalized spacial score (nSPS) is 9.89. The second-order valence-corrected chi connectivity index (χ2v) is 4.16. The van der Waals surface area contributed by atoms with Crippen molar-refractivity contribution in [1.82, 2.24) is 5.32 Å². The molecule has 0 unspecified atom stereocenters. The number of carbonyl (C=O) groups is 1. The van der Waals surface area contributed by atoms with Crippen LogP contribution in [0.1, 0.15) is 32.3 Å². The Bertz CT molecular complexity index is 430. The molecule has 0 aliphatic heterocycles. The Labute approximate surface area is 109 Å². The zero-order valence-electron chi connectivity index (χ0n) is 11.0. The third-order valence-electron chi connectivity index (χ3n) is 2.83. The molecule has 0 spiro atoms. The fraction of sp³-hybridized carbons (Fsp3) is 0.400. The van der Waals surface area contributed by atoms with Gasteiger partial charge in [-0.15, -0.1) is 6.42 Å². The van der Waals surface area contributed by atoms with Gasteiger partial charge in [-0.05, 0) is 31.0 Å². The lowest BCUT2D eigenvalue weighted by molar-refractivity contribution is -0.120. The Balaban J connectivity index is 2.45. The van der Waals surface area contributed by atoms with Gasteiger partial charge >= 0.3 is 0 Å². The molecule has 96 valence electrons. The van der Waals surface area contributed by atoms with Gasteiger partial charge in [0, 0.05) is 17.3 Å². The standard InChI is InChI=1S/C15H20N2O/c1-4-12-8-7-9-14(10-12)16-11-15(18)17-13(5-2)6-3/h1,7-10,13,16H,5-6,11H2,2-3H3,(H,17,18). The molecule has 0 heterocycles. The van der Waals surface area contributed by atoms with E-state index in [9.17, 15) is 4.79 Å². The maximum absolute atomic E-state index is 11.7. The van der Waals surface area contributed by atoms with Crippen LogP contribution < -0.4 is 10.6 Å². The van der Waals surface area contributed by atoms with Crippen LogP contribution in [-0.4, -0.2) is 18.5 Å². The van der Waals surface area contributed by atoms with Crippen molar-refractivity contribution in [3.8, 4) is 12.3 Å². The highest BCUT2D eigenvalue weighted by Gasteiger charge is 2.07. The molecule has 1 rings (SSSR count). The van der Waals surface area contributed by atoms with Crippen LogP contribution in [0.3, 0.4) is 0 Å². The van der Waals surface area contributed by atoms with Crippen LogP contribution in [0, 0.1) is 12.3 Å². The molecule has 0 aliphatic carbocycles. The van der Waals surface area contributed by atoms with Crippen molar-refractivity contribution >= 4 is 11.6 Å². The van der Waals surface area contributed by atoms with Crippen LogP contribution in [0.2, 0.25) is 0 Å². The van der Waals surface area contributed by atoms with Crippen molar-refractivity contribution in [2.75, 3.05) is 11.9 Å². The summed E-state index contributed by atoms with van der Waals surface area (Å²) in [5.74, 6) is 2.57. The minimum atomic E-state index is 0.00908. The molecular weight excluding hydrogens is 224 g/mol. The van der Waals surface area contributed by atoms with Crippen LogP contribution in [-0.2, 0) is 4.79 Å². The van der Waals surface area contributed by atoms with Crippen molar-refractivity contribution in [3.05, 3.63) is 29.8 Å². The minimum Gasteiger partial charge on any atom is -0.376 e. The number of anilines is 1. The molecule has 1 amide bonds. The van der Waals surface area contributed by atoms with E-state index in [2.05, 4.69) is 30.4 Å². The molecular formula is C15H20N2O. The van der Waals surface area contributed by atoms with E-state index in [0.29, 0.717) is 0 Å². The monoisotopic (exact) mass is 244 g/mol. The molecule has 0 atom stereocenters. The Morgan fingerprint density at radius 1 is 1.39 bits per heavy atom. The number of carbonyl (C=O) groups excluding carboxylic acids is 1. The molecule has 0 bridgehead atoms. The van der Waals surface area contributed by atoms with Gasteiger partial charge in [-0.2, -0.15) is 0 Å². The largest absolute Gasteiger partial charge is 0.376 e. The summed E-state index contributed by atoms with van der Waals surface area (Å²) in [6.45, 7) is 4.40. The molecule has 1 aromatic carbocycles. The molecule has 0 saturated heterocycles. The van der Waals surface area contributed by atoms with Crippen molar-refractivity contribution in [2.45, 2.75) is 32.7 Å². The highest BCUT2D eigenvalue weighted by molar-refractivity contribution is 5.81. The number of rotatable bonds is 6. The van der Waals surface area contributed by atoms with Gasteiger partial charge in [-0.1, -0.05) is 25.8 Å². The molecule has 0 aromatic heterocycles. The van der Waals surface area contributed by atoms with E-state index in [1.54, 1.807) is 0 Å². The van der Waals surface area contributed by atoms with E-state index in [4.69, 9.17) is 6.42 Å². The average Bonchev–Trinajstić information content (AvgIpc) is 2.42. The summed E-state index contributed by atoms with van der Waals surface area (Å²) in [6.07, 6.45) is 7.23. The Hall–Kier alpha value is -1.95. The molecule has 0 aliphatic rings. The van der Waals surface area contributed by atoms with Crippen LogP contribution in [0.15, 0.2) is 24.3 Å². The van der Waals surface area contributed by atoms with Gasteiger partial charge < -0.3 is 10.6 Å². The Kier molecular flexibility index (Phi) is 5.79. The first kappa shape index (κ1) is 14.1. The van der Waals surface area contributed by atoms with Gasteiger partial charge in [0.15, 0.2) is 0 Å². The summed E-state index contributed by atoms with van der Waals surface area (Å²) < 4.78 is 0. The van der Waals surface area contributed by atoms with Gasteiger partial charge in [0.2, 0.25) is 5.91 Å². The van der Waals surface area contributed by atoms with Crippen LogP contribution >= 0.6 is 0 Å². The summed E-state index contributed by atoms with van der Waals surface area (Å²) in [5, 5.41) is 6.04. The topological polar surface area (TPSA) is 41.1 Å². The van der Waals surface area contributed by atoms with E-state index in [1.807, 2.05) is 24.3 Å². The summed E-state index contributed by atoms with van der Waals surface area (Å²) >= 11 is 0. The highest BCUT2D eigenvalue weighted by Crippen LogP contribution is 2.09. The molecule has 18 heavy (non-hydrogen) atoms. The fourth-order valence-electron chi connectivity index (χ4n) is 1.67. The zero-order chi connectivity index (χ0) is 13.4. The zero-order valence-corrected chi connectivity index (χ0v) is 11.0. The maximum Gasteiger partial charge on any atom is 0.239 e. The fourth-order valence-corrected chi connectivity index (χ4v) is 1.67. The first-order chi connectivity index (χ1) is 8.69. The van der Waals surface area contributed by atoms with Gasteiger partial charge in [-0.25, -0.2) is 0 Å². The van der Waals surface area contributed by atoms with Crippen molar-refractivity contribution < 1.29 is 4.79 Å². The summed E-state index contributed by atoms with van der Waals surface area (Å²) in [6, 6.07) is 7.73. The Morgan fingerprint density at radius 3 is 2.72 bits per heavy atom. The maximum atomic E-state index is 11.7. The number of amides is 1. The molecule has 0 fully saturated rings. The van der Waals surface area contributed by atoms with Crippen LogP contribution in [0.4, 0.5) is 5.69 Å². The lowest BCUT2D eigenvalue weighted by Gasteiger charge is -2.15. The number of hydrogen-bond acceptors (Lipinski definition) is 2. The summed E-state index contributed by atoms with van der Waals surface area (Å²) in [5.41, 5.74) is 1.67. The minimum absolute atomic E-state index is 0.00908. The van der Waals surface area contributed by atoms with E-state index in [-0.39, 0.29) is 18.5 Å². The van der Waals surface area contributed by atoms with E-state index in [0.717, 1.165) is 24.1 Å². The van der Waals surface area contributed by atoms with Crippen molar-refractivity contribution in [3.63, 3.8) is 0 Å². The first-order valence-corrected chi connectivity index (χ1v) is 6.29. The SMILES string of the molecule is C#Cc1cccc(NCC(=O)NC(CC)CC)c1. The van der Waals surface area contributed by atoms with Gasteiger partial charge in [0.25, 0.3) is 0 Å².